The Hall–Kier alpha value is -2.60. The Balaban J connectivity index is 0.000000601. The molecule has 6 heteroatoms. The number of fused-ring (bicyclic) bond motifs is 2. The number of pyridine rings is 1. The van der Waals surface area contributed by atoms with Gasteiger partial charge in [-0.2, -0.15) is 0 Å². The van der Waals surface area contributed by atoms with Crippen LogP contribution in [-0.2, 0) is 9.62 Å². The van der Waals surface area contributed by atoms with Gasteiger partial charge in [0.1, 0.15) is 18.5 Å². The van der Waals surface area contributed by atoms with E-state index in [1.165, 1.54) is 12.8 Å². The number of benzene rings is 2. The SMILES string of the molecule is CCCC.COc1c(C)cccc1C1O[C@@H]2CCOO[n+]3cccc(c32)-c2ccc(Cl)cc21. The van der Waals surface area contributed by atoms with Crippen LogP contribution in [-0.4, -0.2) is 13.7 Å². The van der Waals surface area contributed by atoms with Crippen molar-refractivity contribution in [1.29, 1.82) is 0 Å². The zero-order valence-electron chi connectivity index (χ0n) is 19.6. The van der Waals surface area contributed by atoms with Crippen LogP contribution in [0, 0.1) is 6.92 Å². The quantitative estimate of drug-likeness (QED) is 0.332. The fraction of sp³-hybridized carbons (Fsp3) is 0.370. The van der Waals surface area contributed by atoms with Crippen molar-refractivity contribution in [3.05, 3.63) is 82.1 Å². The van der Waals surface area contributed by atoms with Crippen LogP contribution in [0.1, 0.15) is 67.7 Å². The topological polar surface area (TPSA) is 40.8 Å². The number of hydrogen-bond donors (Lipinski definition) is 0. The summed E-state index contributed by atoms with van der Waals surface area (Å²) in [5.74, 6) is 0.823. The van der Waals surface area contributed by atoms with Gasteiger partial charge in [0.2, 0.25) is 6.20 Å². The molecule has 2 aliphatic rings. The number of ether oxygens (including phenoxy) is 2. The molecular weight excluding hydrogens is 438 g/mol. The van der Waals surface area contributed by atoms with Crippen molar-refractivity contribution in [2.24, 2.45) is 0 Å². The van der Waals surface area contributed by atoms with Crippen LogP contribution in [0.15, 0.2) is 54.7 Å². The standard InChI is InChI=1S/C23H21ClNO4.C4H10/c1-14-5-3-6-18(22(14)26-2)23-19-13-15(24)8-9-16(19)17-7-4-11-25-21(17)20(28-23)10-12-27-29-25;1-3-4-2/h3-9,11,13,20,23H,10,12H2,1-2H3;3-4H2,1-2H3/q+1;/t20-,23?;/m1./s1. The third kappa shape index (κ3) is 4.72. The molecule has 2 atom stereocenters. The number of para-hydroxylation sites is 1. The Morgan fingerprint density at radius 1 is 1.03 bits per heavy atom. The highest BCUT2D eigenvalue weighted by Crippen LogP contribution is 2.47. The molecule has 0 radical (unpaired) electrons. The molecule has 0 saturated heterocycles. The van der Waals surface area contributed by atoms with Gasteiger partial charge in [-0.1, -0.05) is 67.5 Å². The third-order valence-corrected chi connectivity index (χ3v) is 6.25. The predicted molar refractivity (Wildman–Crippen MR) is 128 cm³/mol. The fourth-order valence-corrected chi connectivity index (χ4v) is 4.44. The number of nitrogens with zero attached hydrogens (tertiary/aromatic N) is 1. The first-order valence-corrected chi connectivity index (χ1v) is 11.9. The zero-order chi connectivity index (χ0) is 23.4. The Morgan fingerprint density at radius 3 is 2.61 bits per heavy atom. The van der Waals surface area contributed by atoms with E-state index >= 15 is 0 Å². The number of halogens is 1. The fourth-order valence-electron chi connectivity index (χ4n) is 4.26. The molecule has 2 aromatic carbocycles. The largest absolute Gasteiger partial charge is 0.496 e. The van der Waals surface area contributed by atoms with Crippen LogP contribution in [0.2, 0.25) is 5.02 Å². The third-order valence-electron chi connectivity index (χ3n) is 6.01. The van der Waals surface area contributed by atoms with E-state index in [4.69, 9.17) is 31.0 Å². The van der Waals surface area contributed by atoms with Gasteiger partial charge >= 0.3 is 0 Å². The van der Waals surface area contributed by atoms with Crippen molar-refractivity contribution in [2.75, 3.05) is 13.7 Å². The van der Waals surface area contributed by atoms with Gasteiger partial charge in [-0.05, 0) is 41.8 Å². The Bertz CT molecular complexity index is 1120. The van der Waals surface area contributed by atoms with Gasteiger partial charge in [0.15, 0.2) is 6.10 Å². The molecule has 1 unspecified atom stereocenters. The van der Waals surface area contributed by atoms with E-state index in [9.17, 15) is 0 Å². The molecule has 3 aromatic rings. The molecular formula is C27H31ClNO4+. The van der Waals surface area contributed by atoms with Gasteiger partial charge < -0.3 is 9.47 Å². The number of methoxy groups -OCH3 is 1. The van der Waals surface area contributed by atoms with Crippen molar-refractivity contribution in [3.8, 4) is 16.9 Å². The van der Waals surface area contributed by atoms with E-state index in [1.54, 1.807) is 11.8 Å². The van der Waals surface area contributed by atoms with E-state index in [0.717, 1.165) is 39.3 Å². The van der Waals surface area contributed by atoms with Crippen molar-refractivity contribution in [3.63, 3.8) is 0 Å². The predicted octanol–water partition coefficient (Wildman–Crippen LogP) is 6.34. The first kappa shape index (κ1) is 23.6. The number of unbranched alkanes of at least 4 members (excludes halogenated alkanes) is 1. The summed E-state index contributed by atoms with van der Waals surface area (Å²) >= 11 is 6.42. The minimum absolute atomic E-state index is 0.213. The average Bonchev–Trinajstić information content (AvgIpc) is 3.12. The van der Waals surface area contributed by atoms with Gasteiger partial charge in [-0.15, -0.1) is 4.89 Å². The molecule has 0 fully saturated rings. The van der Waals surface area contributed by atoms with Crippen molar-refractivity contribution < 1.29 is 24.1 Å². The molecule has 5 rings (SSSR count). The van der Waals surface area contributed by atoms with E-state index in [0.29, 0.717) is 18.1 Å². The molecule has 0 aliphatic carbocycles. The van der Waals surface area contributed by atoms with Gasteiger partial charge in [0.25, 0.3) is 5.69 Å². The number of aryl methyl sites for hydroxylation is 1. The summed E-state index contributed by atoms with van der Waals surface area (Å²) in [6, 6.07) is 16.1. The van der Waals surface area contributed by atoms with Crippen LogP contribution in [0.3, 0.4) is 0 Å². The molecule has 174 valence electrons. The lowest BCUT2D eigenvalue weighted by Crippen LogP contribution is -2.45. The summed E-state index contributed by atoms with van der Waals surface area (Å²) < 4.78 is 14.2. The maximum absolute atomic E-state index is 6.74. The Morgan fingerprint density at radius 2 is 1.85 bits per heavy atom. The smallest absolute Gasteiger partial charge is 0.274 e. The van der Waals surface area contributed by atoms with Crippen molar-refractivity contribution in [1.82, 2.24) is 0 Å². The molecule has 0 amide bonds. The molecule has 5 nitrogen and oxygen atoms in total. The first-order chi connectivity index (χ1) is 16.1. The van der Waals surface area contributed by atoms with Gasteiger partial charge in [0, 0.05) is 23.1 Å². The van der Waals surface area contributed by atoms with Crippen LogP contribution in [0.5, 0.6) is 5.75 Å². The summed E-state index contributed by atoms with van der Waals surface area (Å²) in [7, 11) is 1.69. The van der Waals surface area contributed by atoms with Crippen LogP contribution >= 0.6 is 11.6 Å². The van der Waals surface area contributed by atoms with Crippen LogP contribution in [0.25, 0.3) is 11.1 Å². The Labute approximate surface area is 200 Å². The highest BCUT2D eigenvalue weighted by atomic mass is 35.5. The number of rotatable bonds is 3. The monoisotopic (exact) mass is 468 g/mol. The highest BCUT2D eigenvalue weighted by Gasteiger charge is 2.40. The molecule has 0 spiro atoms. The Kier molecular flexibility index (Phi) is 7.53. The van der Waals surface area contributed by atoms with Crippen LogP contribution in [0.4, 0.5) is 0 Å². The van der Waals surface area contributed by atoms with Gasteiger partial charge in [0.05, 0.1) is 17.4 Å². The summed E-state index contributed by atoms with van der Waals surface area (Å²) in [5, 5.41) is 0.666. The van der Waals surface area contributed by atoms with Gasteiger partial charge in [-0.25, -0.2) is 0 Å². The highest BCUT2D eigenvalue weighted by molar-refractivity contribution is 6.30. The normalized spacial score (nSPS) is 18.5. The summed E-state index contributed by atoms with van der Waals surface area (Å²) in [6.07, 6.45) is 4.59. The summed E-state index contributed by atoms with van der Waals surface area (Å²) in [5.41, 5.74) is 6.07. The molecule has 0 bridgehead atoms. The van der Waals surface area contributed by atoms with Crippen molar-refractivity contribution in [2.45, 2.75) is 52.2 Å². The second kappa shape index (κ2) is 10.6. The summed E-state index contributed by atoms with van der Waals surface area (Å²) in [4.78, 5) is 10.8. The summed E-state index contributed by atoms with van der Waals surface area (Å²) in [6.45, 7) is 6.83. The van der Waals surface area contributed by atoms with Crippen LogP contribution < -0.4 is 14.5 Å². The van der Waals surface area contributed by atoms with Crippen molar-refractivity contribution >= 4 is 11.6 Å². The lowest BCUT2D eigenvalue weighted by molar-refractivity contribution is -0.961. The number of hydrogen-bond acceptors (Lipinski definition) is 4. The lowest BCUT2D eigenvalue weighted by Gasteiger charge is -2.24. The van der Waals surface area contributed by atoms with E-state index in [2.05, 4.69) is 26.0 Å². The second-order valence-corrected chi connectivity index (χ2v) is 8.69. The average molecular weight is 469 g/mol. The minimum Gasteiger partial charge on any atom is -0.496 e. The molecule has 3 heterocycles. The molecule has 0 N–H and O–H groups in total. The van der Waals surface area contributed by atoms with Gasteiger partial charge in [-0.3, -0.25) is 0 Å². The number of aromatic nitrogens is 1. The van der Waals surface area contributed by atoms with E-state index in [-0.39, 0.29) is 12.2 Å². The molecule has 0 saturated carbocycles. The maximum atomic E-state index is 6.74. The molecule has 1 aromatic heterocycles. The molecule has 2 aliphatic heterocycles. The maximum Gasteiger partial charge on any atom is 0.274 e. The first-order valence-electron chi connectivity index (χ1n) is 11.5. The van der Waals surface area contributed by atoms with E-state index in [1.807, 2.05) is 49.5 Å². The molecule has 33 heavy (non-hydrogen) atoms. The zero-order valence-corrected chi connectivity index (χ0v) is 20.4. The minimum atomic E-state index is -0.345. The lowest BCUT2D eigenvalue weighted by atomic mass is 9.91. The van der Waals surface area contributed by atoms with E-state index < -0.39 is 0 Å². The second-order valence-electron chi connectivity index (χ2n) is 8.25.